The highest BCUT2D eigenvalue weighted by Crippen LogP contribution is 2.19. The molecule has 0 bridgehead atoms. The van der Waals surface area contributed by atoms with Crippen molar-refractivity contribution in [2.75, 3.05) is 5.32 Å². The molecular weight excluding hydrogens is 365 g/mol. The summed E-state index contributed by atoms with van der Waals surface area (Å²) < 4.78 is 14.5. The van der Waals surface area contributed by atoms with Gasteiger partial charge in [-0.25, -0.2) is 13.9 Å². The molecule has 0 atom stereocenters. The van der Waals surface area contributed by atoms with Crippen LogP contribution in [0.2, 0.25) is 5.02 Å². The van der Waals surface area contributed by atoms with Gasteiger partial charge in [0.05, 0.1) is 11.1 Å². The molecule has 1 aromatic heterocycles. The van der Waals surface area contributed by atoms with E-state index >= 15 is 0 Å². The number of hydrogen-bond acceptors (Lipinski definition) is 4. The van der Waals surface area contributed by atoms with Gasteiger partial charge in [0.25, 0.3) is 5.56 Å². The molecule has 0 saturated heterocycles. The summed E-state index contributed by atoms with van der Waals surface area (Å²) in [6.45, 7) is -0.577. The number of carboxylic acids is 1. The largest absolute Gasteiger partial charge is 0.476 e. The number of nitrogens with one attached hydrogen (secondary N) is 1. The van der Waals surface area contributed by atoms with Crippen molar-refractivity contribution in [1.29, 1.82) is 0 Å². The van der Waals surface area contributed by atoms with E-state index in [1.54, 1.807) is 12.1 Å². The Bertz CT molecular complexity index is 1100. The zero-order valence-corrected chi connectivity index (χ0v) is 13.8. The van der Waals surface area contributed by atoms with Crippen molar-refractivity contribution in [3.63, 3.8) is 0 Å². The van der Waals surface area contributed by atoms with E-state index in [1.807, 2.05) is 0 Å². The van der Waals surface area contributed by atoms with Crippen LogP contribution in [0.15, 0.2) is 47.3 Å². The first-order valence-electron chi connectivity index (χ1n) is 7.35. The van der Waals surface area contributed by atoms with E-state index in [2.05, 4.69) is 10.4 Å². The predicted molar refractivity (Wildman–Crippen MR) is 93.0 cm³/mol. The molecule has 9 heteroatoms. The number of benzene rings is 2. The molecule has 2 aromatic carbocycles. The zero-order valence-electron chi connectivity index (χ0n) is 13.1. The molecule has 0 spiro atoms. The smallest absolute Gasteiger partial charge is 0.357 e. The van der Waals surface area contributed by atoms with E-state index < -0.39 is 29.8 Å². The lowest BCUT2D eigenvalue weighted by atomic mass is 10.1. The molecule has 0 aliphatic carbocycles. The van der Waals surface area contributed by atoms with Crippen LogP contribution in [0.3, 0.4) is 0 Å². The highest BCUT2D eigenvalue weighted by atomic mass is 35.5. The summed E-state index contributed by atoms with van der Waals surface area (Å²) in [5, 5.41) is 15.8. The van der Waals surface area contributed by atoms with Crippen LogP contribution in [0.25, 0.3) is 10.8 Å². The van der Waals surface area contributed by atoms with Gasteiger partial charge in [-0.15, -0.1) is 0 Å². The SMILES string of the molecule is O=C(Cn1nc(C(=O)O)c2ccccc2c1=O)Nc1ccc(Cl)cc1F. The van der Waals surface area contributed by atoms with Crippen LogP contribution in [0.1, 0.15) is 10.5 Å². The molecule has 2 N–H and O–H groups in total. The lowest BCUT2D eigenvalue weighted by Crippen LogP contribution is -2.31. The van der Waals surface area contributed by atoms with E-state index in [-0.39, 0.29) is 27.2 Å². The van der Waals surface area contributed by atoms with Gasteiger partial charge in [0, 0.05) is 10.4 Å². The molecule has 0 radical (unpaired) electrons. The predicted octanol–water partition coefficient (Wildman–Crippen LogP) is 2.53. The Morgan fingerprint density at radius 2 is 1.88 bits per heavy atom. The van der Waals surface area contributed by atoms with Gasteiger partial charge in [-0.2, -0.15) is 5.10 Å². The normalized spacial score (nSPS) is 10.7. The zero-order chi connectivity index (χ0) is 18.8. The standard InChI is InChI=1S/C17H11ClFN3O4/c18-9-5-6-13(12(19)7-9)20-14(23)8-22-16(24)11-4-2-1-3-10(11)15(21-22)17(25)26/h1-7H,8H2,(H,20,23)(H,25,26). The molecule has 1 heterocycles. The number of amides is 1. The quantitative estimate of drug-likeness (QED) is 0.729. The van der Waals surface area contributed by atoms with Gasteiger partial charge in [-0.3, -0.25) is 9.59 Å². The minimum Gasteiger partial charge on any atom is -0.476 e. The Balaban J connectivity index is 1.95. The van der Waals surface area contributed by atoms with Gasteiger partial charge in [0.2, 0.25) is 5.91 Å². The maximum absolute atomic E-state index is 13.7. The van der Waals surface area contributed by atoms with Crippen LogP contribution in [-0.4, -0.2) is 26.8 Å². The van der Waals surface area contributed by atoms with Gasteiger partial charge < -0.3 is 10.4 Å². The van der Waals surface area contributed by atoms with E-state index in [0.717, 1.165) is 10.7 Å². The highest BCUT2D eigenvalue weighted by Gasteiger charge is 2.17. The minimum atomic E-state index is -1.33. The second-order valence-corrected chi connectivity index (χ2v) is 5.77. The summed E-state index contributed by atoms with van der Waals surface area (Å²) in [5.41, 5.74) is -1.10. The number of nitrogens with zero attached hydrogens (tertiary/aromatic N) is 2. The average Bonchev–Trinajstić information content (AvgIpc) is 2.59. The second-order valence-electron chi connectivity index (χ2n) is 5.33. The monoisotopic (exact) mass is 375 g/mol. The molecule has 26 heavy (non-hydrogen) atoms. The molecule has 7 nitrogen and oxygen atoms in total. The van der Waals surface area contributed by atoms with Gasteiger partial charge in [-0.1, -0.05) is 29.8 Å². The maximum Gasteiger partial charge on any atom is 0.357 e. The van der Waals surface area contributed by atoms with Gasteiger partial charge in [0.15, 0.2) is 5.69 Å². The Morgan fingerprint density at radius 1 is 1.19 bits per heavy atom. The van der Waals surface area contributed by atoms with Crippen molar-refractivity contribution in [1.82, 2.24) is 9.78 Å². The van der Waals surface area contributed by atoms with E-state index in [4.69, 9.17) is 11.6 Å². The topological polar surface area (TPSA) is 101 Å². The van der Waals surface area contributed by atoms with E-state index in [1.165, 1.54) is 24.3 Å². The number of aromatic nitrogens is 2. The first kappa shape index (κ1) is 17.6. The summed E-state index contributed by atoms with van der Waals surface area (Å²) in [6.07, 6.45) is 0. The Hall–Kier alpha value is -3.26. The van der Waals surface area contributed by atoms with Crippen LogP contribution < -0.4 is 10.9 Å². The summed E-state index contributed by atoms with van der Waals surface area (Å²) in [7, 11) is 0. The summed E-state index contributed by atoms with van der Waals surface area (Å²) >= 11 is 5.64. The third kappa shape index (κ3) is 3.40. The number of anilines is 1. The minimum absolute atomic E-state index is 0.116. The second kappa shape index (κ2) is 6.93. The molecule has 3 aromatic rings. The first-order chi connectivity index (χ1) is 12.4. The van der Waals surface area contributed by atoms with Crippen molar-refractivity contribution in [2.45, 2.75) is 6.54 Å². The Labute approximate surface area is 150 Å². The fourth-order valence-electron chi connectivity index (χ4n) is 2.42. The van der Waals surface area contributed by atoms with Crippen LogP contribution >= 0.6 is 11.6 Å². The Kier molecular flexibility index (Phi) is 4.68. The number of halogens is 2. The summed E-state index contributed by atoms with van der Waals surface area (Å²) in [6, 6.07) is 9.75. The van der Waals surface area contributed by atoms with Crippen LogP contribution in [0, 0.1) is 5.82 Å². The molecule has 132 valence electrons. The third-order valence-corrected chi connectivity index (χ3v) is 3.80. The van der Waals surface area contributed by atoms with Crippen molar-refractivity contribution < 1.29 is 19.1 Å². The number of fused-ring (bicyclic) bond motifs is 1. The molecule has 0 unspecified atom stereocenters. The van der Waals surface area contributed by atoms with E-state index in [0.29, 0.717) is 0 Å². The van der Waals surface area contributed by atoms with E-state index in [9.17, 15) is 23.9 Å². The van der Waals surface area contributed by atoms with Crippen molar-refractivity contribution >= 4 is 39.9 Å². The summed E-state index contributed by atoms with van der Waals surface area (Å²) in [5.74, 6) is -2.82. The lowest BCUT2D eigenvalue weighted by molar-refractivity contribution is -0.117. The molecule has 0 aliphatic rings. The fraction of sp³-hybridized carbons (Fsp3) is 0.0588. The molecule has 0 fully saturated rings. The number of aromatic carboxylic acids is 1. The van der Waals surface area contributed by atoms with Crippen molar-refractivity contribution in [2.24, 2.45) is 0 Å². The molecule has 0 saturated carbocycles. The molecule has 1 amide bonds. The van der Waals surface area contributed by atoms with Gasteiger partial charge in [-0.05, 0) is 24.3 Å². The number of carboxylic acid groups (broad SMARTS) is 1. The molecule has 3 rings (SSSR count). The number of rotatable bonds is 4. The van der Waals surface area contributed by atoms with Crippen molar-refractivity contribution in [3.8, 4) is 0 Å². The number of hydrogen-bond donors (Lipinski definition) is 2. The van der Waals surface area contributed by atoms with Crippen LogP contribution in [-0.2, 0) is 11.3 Å². The summed E-state index contributed by atoms with van der Waals surface area (Å²) in [4.78, 5) is 36.0. The third-order valence-electron chi connectivity index (χ3n) is 3.57. The molecule has 0 aliphatic heterocycles. The average molecular weight is 376 g/mol. The first-order valence-corrected chi connectivity index (χ1v) is 7.72. The van der Waals surface area contributed by atoms with Gasteiger partial charge >= 0.3 is 5.97 Å². The van der Waals surface area contributed by atoms with Crippen molar-refractivity contribution in [3.05, 3.63) is 69.4 Å². The Morgan fingerprint density at radius 3 is 2.54 bits per heavy atom. The molecular formula is C17H11ClFN3O4. The lowest BCUT2D eigenvalue weighted by Gasteiger charge is -2.10. The maximum atomic E-state index is 13.7. The van der Waals surface area contributed by atoms with Crippen LogP contribution in [0.5, 0.6) is 0 Å². The fourth-order valence-corrected chi connectivity index (χ4v) is 2.58. The number of carbonyl (C=O) groups excluding carboxylic acids is 1. The van der Waals surface area contributed by atoms with Crippen LogP contribution in [0.4, 0.5) is 10.1 Å². The number of carbonyl (C=O) groups is 2. The highest BCUT2D eigenvalue weighted by molar-refractivity contribution is 6.30. The van der Waals surface area contributed by atoms with Gasteiger partial charge in [0.1, 0.15) is 12.4 Å².